The Morgan fingerprint density at radius 3 is 2.44 bits per heavy atom. The van der Waals surface area contributed by atoms with Crippen molar-refractivity contribution in [3.05, 3.63) is 65.2 Å². The number of rotatable bonds is 6. The van der Waals surface area contributed by atoms with Crippen LogP contribution in [0.5, 0.6) is 0 Å². The van der Waals surface area contributed by atoms with Crippen LogP contribution in [-0.2, 0) is 4.79 Å². The zero-order valence-corrected chi connectivity index (χ0v) is 16.8. The normalized spacial score (nSPS) is 12.0. The van der Waals surface area contributed by atoms with E-state index >= 15 is 0 Å². The second-order valence-corrected chi connectivity index (χ2v) is 7.56. The maximum Gasteiger partial charge on any atom is 0.277 e. The maximum absolute atomic E-state index is 12.5. The first-order chi connectivity index (χ1) is 12.9. The Kier molecular flexibility index (Phi) is 5.96. The van der Waals surface area contributed by atoms with E-state index in [0.717, 1.165) is 22.3 Å². The molecule has 0 spiro atoms. The molecule has 0 fully saturated rings. The number of hydrogen-bond donors (Lipinski definition) is 0. The minimum Gasteiger partial charge on any atom is -0.411 e. The van der Waals surface area contributed by atoms with Crippen molar-refractivity contribution in [1.29, 1.82) is 0 Å². The summed E-state index contributed by atoms with van der Waals surface area (Å²) in [6, 6.07) is 16.1. The summed E-state index contributed by atoms with van der Waals surface area (Å²) in [7, 11) is 1.81. The van der Waals surface area contributed by atoms with E-state index in [4.69, 9.17) is 4.42 Å². The molecule has 6 heteroatoms. The van der Waals surface area contributed by atoms with Crippen molar-refractivity contribution < 1.29 is 9.21 Å². The van der Waals surface area contributed by atoms with Crippen LogP contribution >= 0.6 is 11.8 Å². The van der Waals surface area contributed by atoms with Crippen molar-refractivity contribution in [3.63, 3.8) is 0 Å². The van der Waals surface area contributed by atoms with Gasteiger partial charge in [-0.25, -0.2) is 0 Å². The van der Waals surface area contributed by atoms with E-state index < -0.39 is 0 Å². The van der Waals surface area contributed by atoms with Gasteiger partial charge < -0.3 is 9.32 Å². The standard InChI is InChI=1S/C21H23N3O2S/c1-14-10-15(2)12-18(11-14)20-22-23-21(26-20)27-13-19(25)24(4)16(3)17-8-6-5-7-9-17/h5-12,16H,13H2,1-4H3/t16-/m0/s1. The predicted molar refractivity (Wildman–Crippen MR) is 108 cm³/mol. The topological polar surface area (TPSA) is 59.2 Å². The summed E-state index contributed by atoms with van der Waals surface area (Å²) in [5, 5.41) is 8.57. The van der Waals surface area contributed by atoms with Gasteiger partial charge in [0, 0.05) is 12.6 Å². The number of aryl methyl sites for hydroxylation is 2. The second kappa shape index (κ2) is 8.39. The van der Waals surface area contributed by atoms with Gasteiger partial charge in [0.15, 0.2) is 0 Å². The molecule has 0 saturated carbocycles. The fourth-order valence-electron chi connectivity index (χ4n) is 2.88. The monoisotopic (exact) mass is 381 g/mol. The number of benzene rings is 2. The van der Waals surface area contributed by atoms with Crippen molar-refractivity contribution >= 4 is 17.7 Å². The number of thioether (sulfide) groups is 1. The van der Waals surface area contributed by atoms with Crippen molar-refractivity contribution in [2.75, 3.05) is 12.8 Å². The van der Waals surface area contributed by atoms with Gasteiger partial charge in [-0.1, -0.05) is 59.3 Å². The van der Waals surface area contributed by atoms with Gasteiger partial charge in [0.05, 0.1) is 11.8 Å². The third-order valence-corrected chi connectivity index (χ3v) is 5.25. The molecule has 1 aromatic heterocycles. The molecule has 0 aliphatic rings. The van der Waals surface area contributed by atoms with Crippen molar-refractivity contribution in [3.8, 4) is 11.5 Å². The number of hydrogen-bond acceptors (Lipinski definition) is 5. The third kappa shape index (κ3) is 4.77. The average Bonchev–Trinajstić information content (AvgIpc) is 3.14. The van der Waals surface area contributed by atoms with E-state index in [1.165, 1.54) is 11.8 Å². The summed E-state index contributed by atoms with van der Waals surface area (Å²) in [6.45, 7) is 6.08. The Bertz CT molecular complexity index is 904. The van der Waals surface area contributed by atoms with Gasteiger partial charge in [-0.15, -0.1) is 10.2 Å². The predicted octanol–water partition coefficient (Wildman–Crippen LogP) is 4.67. The molecule has 0 N–H and O–H groups in total. The second-order valence-electron chi connectivity index (χ2n) is 6.63. The Morgan fingerprint density at radius 2 is 1.78 bits per heavy atom. The molecule has 140 valence electrons. The molecule has 0 aliphatic carbocycles. The smallest absolute Gasteiger partial charge is 0.277 e. The van der Waals surface area contributed by atoms with Crippen LogP contribution in [0.1, 0.15) is 29.7 Å². The van der Waals surface area contributed by atoms with E-state index in [0.29, 0.717) is 11.1 Å². The molecule has 1 atom stereocenters. The van der Waals surface area contributed by atoms with Crippen LogP contribution in [0.25, 0.3) is 11.5 Å². The summed E-state index contributed by atoms with van der Waals surface area (Å²) in [5.74, 6) is 0.743. The minimum absolute atomic E-state index is 0.00724. The quantitative estimate of drug-likeness (QED) is 0.581. The summed E-state index contributed by atoms with van der Waals surface area (Å²) in [4.78, 5) is 14.3. The van der Waals surface area contributed by atoms with Gasteiger partial charge in [-0.05, 0) is 38.5 Å². The molecule has 27 heavy (non-hydrogen) atoms. The molecule has 1 heterocycles. The summed E-state index contributed by atoms with van der Waals surface area (Å²) in [6.07, 6.45) is 0. The van der Waals surface area contributed by atoms with Gasteiger partial charge in [0.2, 0.25) is 11.8 Å². The zero-order chi connectivity index (χ0) is 19.4. The molecule has 0 bridgehead atoms. The maximum atomic E-state index is 12.5. The largest absolute Gasteiger partial charge is 0.411 e. The first kappa shape index (κ1) is 19.2. The first-order valence-electron chi connectivity index (χ1n) is 8.79. The molecule has 0 saturated heterocycles. The van der Waals surface area contributed by atoms with Crippen LogP contribution in [0.15, 0.2) is 58.2 Å². The van der Waals surface area contributed by atoms with Gasteiger partial charge in [0.25, 0.3) is 5.22 Å². The van der Waals surface area contributed by atoms with Crippen molar-refractivity contribution in [1.82, 2.24) is 15.1 Å². The minimum atomic E-state index is 0.00724. The van der Waals surface area contributed by atoms with Gasteiger partial charge in [-0.3, -0.25) is 4.79 Å². The fourth-order valence-corrected chi connectivity index (χ4v) is 3.57. The number of carbonyl (C=O) groups excluding carboxylic acids is 1. The molecule has 0 unspecified atom stereocenters. The van der Waals surface area contributed by atoms with Crippen LogP contribution in [0.2, 0.25) is 0 Å². The lowest BCUT2D eigenvalue weighted by Gasteiger charge is -2.25. The lowest BCUT2D eigenvalue weighted by atomic mass is 10.1. The van der Waals surface area contributed by atoms with Crippen LogP contribution in [0.4, 0.5) is 0 Å². The van der Waals surface area contributed by atoms with E-state index in [9.17, 15) is 4.79 Å². The number of carbonyl (C=O) groups is 1. The van der Waals surface area contributed by atoms with Crippen LogP contribution in [-0.4, -0.2) is 33.8 Å². The van der Waals surface area contributed by atoms with E-state index in [-0.39, 0.29) is 17.7 Å². The van der Waals surface area contributed by atoms with Crippen LogP contribution < -0.4 is 0 Å². The van der Waals surface area contributed by atoms with Gasteiger partial charge in [0.1, 0.15) is 0 Å². The molecule has 3 rings (SSSR count). The summed E-state index contributed by atoms with van der Waals surface area (Å²) in [5.41, 5.74) is 4.29. The molecule has 1 amide bonds. The number of nitrogens with zero attached hydrogens (tertiary/aromatic N) is 3. The lowest BCUT2D eigenvalue weighted by molar-refractivity contribution is -0.128. The highest BCUT2D eigenvalue weighted by molar-refractivity contribution is 7.99. The number of amides is 1. The third-order valence-electron chi connectivity index (χ3n) is 4.45. The van der Waals surface area contributed by atoms with Crippen molar-refractivity contribution in [2.24, 2.45) is 0 Å². The molecule has 5 nitrogen and oxygen atoms in total. The fraction of sp³-hybridized carbons (Fsp3) is 0.286. The molecular formula is C21H23N3O2S. The zero-order valence-electron chi connectivity index (χ0n) is 16.0. The summed E-state index contributed by atoms with van der Waals surface area (Å²) >= 11 is 1.26. The van der Waals surface area contributed by atoms with Crippen molar-refractivity contribution in [2.45, 2.75) is 32.0 Å². The highest BCUT2D eigenvalue weighted by Crippen LogP contribution is 2.26. The van der Waals surface area contributed by atoms with Gasteiger partial charge in [-0.2, -0.15) is 0 Å². The number of aromatic nitrogens is 2. The molecule has 0 radical (unpaired) electrons. The molecular weight excluding hydrogens is 358 g/mol. The first-order valence-corrected chi connectivity index (χ1v) is 9.78. The molecule has 2 aromatic carbocycles. The van der Waals surface area contributed by atoms with Crippen LogP contribution in [0, 0.1) is 13.8 Å². The molecule has 0 aliphatic heterocycles. The van der Waals surface area contributed by atoms with Gasteiger partial charge >= 0.3 is 0 Å². The average molecular weight is 382 g/mol. The SMILES string of the molecule is Cc1cc(C)cc(-c2nnc(SCC(=O)N(C)[C@@H](C)c3ccccc3)o2)c1. The molecule has 3 aromatic rings. The Balaban J connectivity index is 1.62. The Hall–Kier alpha value is -2.60. The van der Waals surface area contributed by atoms with Crippen LogP contribution in [0.3, 0.4) is 0 Å². The Labute approximate surface area is 163 Å². The van der Waals surface area contributed by atoms with E-state index in [1.54, 1.807) is 4.90 Å². The lowest BCUT2D eigenvalue weighted by Crippen LogP contribution is -2.31. The summed E-state index contributed by atoms with van der Waals surface area (Å²) < 4.78 is 5.72. The Morgan fingerprint density at radius 1 is 1.11 bits per heavy atom. The highest BCUT2D eigenvalue weighted by atomic mass is 32.2. The van der Waals surface area contributed by atoms with E-state index in [1.807, 2.05) is 70.3 Å². The van der Waals surface area contributed by atoms with E-state index in [2.05, 4.69) is 16.3 Å². The highest BCUT2D eigenvalue weighted by Gasteiger charge is 2.19.